The molecule has 0 amide bonds. The maximum absolute atomic E-state index is 12.2. The second-order valence-electron chi connectivity index (χ2n) is 9.64. The lowest BCUT2D eigenvalue weighted by Gasteiger charge is -2.44. The molecule has 2 aromatic carbocycles. The molecule has 6 unspecified atom stereocenters. The molecule has 0 N–H and O–H groups in total. The molecule has 1 fully saturated rings. The maximum Gasteiger partial charge on any atom is 0.303 e. The van der Waals surface area contributed by atoms with E-state index in [4.69, 9.17) is 33.2 Å². The van der Waals surface area contributed by atoms with Crippen LogP contribution in [-0.4, -0.2) is 61.7 Å². The van der Waals surface area contributed by atoms with E-state index in [-0.39, 0.29) is 13.4 Å². The minimum atomic E-state index is -1.26. The van der Waals surface area contributed by atoms with Crippen LogP contribution in [0.25, 0.3) is 0 Å². The highest BCUT2D eigenvalue weighted by atomic mass is 16.7. The van der Waals surface area contributed by atoms with E-state index in [1.807, 2.05) is 31.2 Å². The smallest absolute Gasteiger partial charge is 0.303 e. The van der Waals surface area contributed by atoms with Crippen molar-refractivity contribution < 1.29 is 52.3 Å². The van der Waals surface area contributed by atoms with E-state index in [1.54, 1.807) is 18.2 Å². The summed E-state index contributed by atoms with van der Waals surface area (Å²) in [6.07, 6.45) is -6.21. The lowest BCUT2D eigenvalue weighted by atomic mass is 9.88. The maximum atomic E-state index is 12.2. The molecular weight excluding hydrogens is 524 g/mol. The Bertz CT molecular complexity index is 1260. The summed E-state index contributed by atoms with van der Waals surface area (Å²) in [4.78, 5) is 48.0. The zero-order chi connectivity index (χ0) is 29.0. The molecule has 0 spiro atoms. The molecule has 2 aliphatic heterocycles. The van der Waals surface area contributed by atoms with Gasteiger partial charge in [-0.1, -0.05) is 35.9 Å². The van der Waals surface area contributed by atoms with E-state index in [0.29, 0.717) is 16.9 Å². The Morgan fingerprint density at radius 2 is 1.38 bits per heavy atom. The summed E-state index contributed by atoms with van der Waals surface area (Å²) < 4.78 is 39.8. The van der Waals surface area contributed by atoms with E-state index in [1.165, 1.54) is 27.7 Å². The molecule has 0 radical (unpaired) electrons. The van der Waals surface area contributed by atoms with Crippen LogP contribution in [0.3, 0.4) is 0 Å². The predicted molar refractivity (Wildman–Crippen MR) is 137 cm³/mol. The number of fused-ring (bicyclic) bond motifs is 1. The van der Waals surface area contributed by atoms with Crippen LogP contribution in [0.5, 0.6) is 5.75 Å². The molecule has 6 atom stereocenters. The van der Waals surface area contributed by atoms with Crippen LogP contribution in [0.15, 0.2) is 42.5 Å². The van der Waals surface area contributed by atoms with Crippen LogP contribution in [0.4, 0.5) is 0 Å². The predicted octanol–water partition coefficient (Wildman–Crippen LogP) is 3.25. The molecule has 11 heteroatoms. The fraction of sp³-hybridized carbons (Fsp3) is 0.448. The zero-order valence-electron chi connectivity index (χ0n) is 22.9. The van der Waals surface area contributed by atoms with Crippen LogP contribution < -0.4 is 4.74 Å². The van der Waals surface area contributed by atoms with Gasteiger partial charge >= 0.3 is 23.9 Å². The van der Waals surface area contributed by atoms with Gasteiger partial charge in [0.1, 0.15) is 30.7 Å². The summed E-state index contributed by atoms with van der Waals surface area (Å²) in [5.41, 5.74) is 3.26. The monoisotopic (exact) mass is 556 g/mol. The fourth-order valence-corrected chi connectivity index (χ4v) is 4.85. The normalized spacial score (nSPS) is 25.5. The SMILES string of the molecule is CC(=O)OCC1OC(c2ccc3c(c2)C(c2ccc(C)cc2)OCO3)C(OC(C)=O)C(OC(C)=O)C1OC(C)=O. The number of hydrogen-bond acceptors (Lipinski definition) is 11. The third kappa shape index (κ3) is 6.78. The summed E-state index contributed by atoms with van der Waals surface area (Å²) in [6.45, 7) is 6.53. The molecule has 0 bridgehead atoms. The highest BCUT2D eigenvalue weighted by molar-refractivity contribution is 5.69. The van der Waals surface area contributed by atoms with Gasteiger partial charge < -0.3 is 33.2 Å². The molecule has 0 saturated carbocycles. The standard InChI is InChI=1S/C29H32O11/c1-15-6-8-20(9-7-15)25-22-12-21(10-11-23(22)35-14-36-25)26-28(38-18(4)32)29(39-19(5)33)27(37-17(3)31)24(40-26)13-34-16(2)30/h6-12,24-29H,13-14H2,1-5H3. The van der Waals surface area contributed by atoms with E-state index in [2.05, 4.69) is 0 Å². The average Bonchev–Trinajstić information content (AvgIpc) is 2.89. The van der Waals surface area contributed by atoms with Crippen molar-refractivity contribution in [1.29, 1.82) is 0 Å². The van der Waals surface area contributed by atoms with Gasteiger partial charge in [-0.2, -0.15) is 0 Å². The Hall–Kier alpha value is -3.96. The molecule has 0 aliphatic carbocycles. The number of rotatable bonds is 7. The molecule has 214 valence electrons. The Labute approximate surface area is 231 Å². The molecule has 2 aliphatic rings. The van der Waals surface area contributed by atoms with E-state index in [9.17, 15) is 19.2 Å². The van der Waals surface area contributed by atoms with Crippen molar-refractivity contribution in [2.75, 3.05) is 13.4 Å². The first-order valence-electron chi connectivity index (χ1n) is 12.8. The Balaban J connectivity index is 1.79. The van der Waals surface area contributed by atoms with E-state index < -0.39 is 60.5 Å². The van der Waals surface area contributed by atoms with Gasteiger partial charge in [0.25, 0.3) is 0 Å². The summed E-state index contributed by atoms with van der Waals surface area (Å²) in [5, 5.41) is 0. The average molecular weight is 557 g/mol. The third-order valence-corrected chi connectivity index (χ3v) is 6.46. The number of aryl methyl sites for hydroxylation is 1. The molecule has 40 heavy (non-hydrogen) atoms. The molecule has 4 rings (SSSR count). The molecule has 0 aromatic heterocycles. The van der Waals surface area contributed by atoms with Gasteiger partial charge in [-0.05, 0) is 30.2 Å². The lowest BCUT2D eigenvalue weighted by molar-refractivity contribution is -0.254. The van der Waals surface area contributed by atoms with Crippen molar-refractivity contribution in [2.45, 2.75) is 71.2 Å². The van der Waals surface area contributed by atoms with E-state index >= 15 is 0 Å². The molecule has 1 saturated heterocycles. The van der Waals surface area contributed by atoms with Gasteiger partial charge in [-0.15, -0.1) is 0 Å². The number of carbonyl (C=O) groups is 4. The third-order valence-electron chi connectivity index (χ3n) is 6.46. The summed E-state index contributed by atoms with van der Waals surface area (Å²) in [7, 11) is 0. The van der Waals surface area contributed by atoms with Gasteiger partial charge in [0, 0.05) is 33.3 Å². The first-order chi connectivity index (χ1) is 19.0. The number of esters is 4. The highest BCUT2D eigenvalue weighted by Gasteiger charge is 2.52. The molecule has 2 heterocycles. The number of benzene rings is 2. The van der Waals surface area contributed by atoms with Gasteiger partial charge in [0.05, 0.1) is 0 Å². The molecule has 2 aromatic rings. The highest BCUT2D eigenvalue weighted by Crippen LogP contribution is 2.42. The Morgan fingerprint density at radius 1 is 0.775 bits per heavy atom. The van der Waals surface area contributed by atoms with Crippen LogP contribution in [-0.2, 0) is 47.6 Å². The lowest BCUT2D eigenvalue weighted by Crippen LogP contribution is -2.59. The van der Waals surface area contributed by atoms with Crippen molar-refractivity contribution in [3.63, 3.8) is 0 Å². The number of ether oxygens (including phenoxy) is 7. The van der Waals surface area contributed by atoms with Crippen LogP contribution in [0.1, 0.15) is 62.2 Å². The quantitative estimate of drug-likeness (QED) is 0.368. The molecular formula is C29H32O11. The van der Waals surface area contributed by atoms with E-state index in [0.717, 1.165) is 11.1 Å². The number of carbonyl (C=O) groups excluding carboxylic acids is 4. The van der Waals surface area contributed by atoms with Gasteiger partial charge in [-0.25, -0.2) is 0 Å². The van der Waals surface area contributed by atoms with Crippen LogP contribution >= 0.6 is 0 Å². The van der Waals surface area contributed by atoms with Crippen molar-refractivity contribution >= 4 is 23.9 Å². The first-order valence-corrected chi connectivity index (χ1v) is 12.8. The second-order valence-corrected chi connectivity index (χ2v) is 9.64. The van der Waals surface area contributed by atoms with Crippen molar-refractivity contribution in [3.8, 4) is 5.75 Å². The zero-order valence-corrected chi connectivity index (χ0v) is 22.9. The molecule has 11 nitrogen and oxygen atoms in total. The summed E-state index contributed by atoms with van der Waals surface area (Å²) in [6, 6.07) is 13.2. The van der Waals surface area contributed by atoms with Gasteiger partial charge in [0.2, 0.25) is 0 Å². The first kappa shape index (κ1) is 29.0. The van der Waals surface area contributed by atoms with Gasteiger partial charge in [-0.3, -0.25) is 19.2 Å². The van der Waals surface area contributed by atoms with Crippen molar-refractivity contribution in [3.05, 3.63) is 64.7 Å². The fourth-order valence-electron chi connectivity index (χ4n) is 4.85. The number of hydrogen-bond donors (Lipinski definition) is 0. The van der Waals surface area contributed by atoms with Crippen LogP contribution in [0, 0.1) is 6.92 Å². The van der Waals surface area contributed by atoms with Crippen molar-refractivity contribution in [1.82, 2.24) is 0 Å². The minimum absolute atomic E-state index is 0.0595. The van der Waals surface area contributed by atoms with Crippen molar-refractivity contribution in [2.24, 2.45) is 0 Å². The van der Waals surface area contributed by atoms with Crippen LogP contribution in [0.2, 0.25) is 0 Å². The summed E-state index contributed by atoms with van der Waals surface area (Å²) in [5.74, 6) is -2.04. The second kappa shape index (κ2) is 12.5. The van der Waals surface area contributed by atoms with Gasteiger partial charge in [0.15, 0.2) is 25.1 Å². The topological polar surface area (TPSA) is 133 Å². The summed E-state index contributed by atoms with van der Waals surface area (Å²) >= 11 is 0. The Kier molecular flexibility index (Phi) is 9.06. The largest absolute Gasteiger partial charge is 0.467 e. The minimum Gasteiger partial charge on any atom is -0.467 e. The Morgan fingerprint density at radius 3 is 2.00 bits per heavy atom.